The molecule has 0 bridgehead atoms. The van der Waals surface area contributed by atoms with Crippen LogP contribution in [0.4, 0.5) is 0 Å². The number of hydrogen-bond donors (Lipinski definition) is 0. The minimum absolute atomic E-state index is 0.138. The predicted molar refractivity (Wildman–Crippen MR) is 92.7 cm³/mol. The SMILES string of the molecule is CCCCCCCCCCC(CCCCC)C(=O)OOC(C)=O. The van der Waals surface area contributed by atoms with Crippen molar-refractivity contribution in [1.29, 1.82) is 0 Å². The van der Waals surface area contributed by atoms with E-state index < -0.39 is 5.97 Å². The summed E-state index contributed by atoms with van der Waals surface area (Å²) in [6.45, 7) is 5.61. The number of carbonyl (C=O) groups is 2. The largest absolute Gasteiger partial charge is 0.358 e. The van der Waals surface area contributed by atoms with Crippen molar-refractivity contribution in [3.8, 4) is 0 Å². The summed E-state index contributed by atoms with van der Waals surface area (Å²) in [7, 11) is 0. The van der Waals surface area contributed by atoms with Gasteiger partial charge in [0.15, 0.2) is 0 Å². The second-order valence-corrected chi connectivity index (χ2v) is 6.43. The standard InChI is InChI=1S/C19H36O4/c1-4-6-8-9-10-11-12-14-16-18(15-13-7-5-2)19(21)23-22-17(3)20/h18H,4-16H2,1-3H3. The van der Waals surface area contributed by atoms with Gasteiger partial charge in [0.05, 0.1) is 5.92 Å². The molecule has 0 rings (SSSR count). The maximum Gasteiger partial charge on any atom is 0.358 e. The molecule has 1 atom stereocenters. The molecule has 0 aromatic rings. The van der Waals surface area contributed by atoms with E-state index in [0.29, 0.717) is 0 Å². The third kappa shape index (κ3) is 14.3. The minimum atomic E-state index is -0.585. The highest BCUT2D eigenvalue weighted by Gasteiger charge is 2.21. The maximum absolute atomic E-state index is 12.0. The van der Waals surface area contributed by atoms with Crippen molar-refractivity contribution in [3.05, 3.63) is 0 Å². The van der Waals surface area contributed by atoms with Crippen molar-refractivity contribution in [3.63, 3.8) is 0 Å². The molecule has 0 N–H and O–H groups in total. The fourth-order valence-electron chi connectivity index (χ4n) is 2.71. The normalized spacial score (nSPS) is 12.0. The van der Waals surface area contributed by atoms with Gasteiger partial charge in [0.2, 0.25) is 0 Å². The second kappa shape index (κ2) is 15.8. The predicted octanol–water partition coefficient (Wildman–Crippen LogP) is 5.74. The molecule has 1 unspecified atom stereocenters. The smallest absolute Gasteiger partial charge is 0.248 e. The van der Waals surface area contributed by atoms with Gasteiger partial charge >= 0.3 is 11.9 Å². The number of unbranched alkanes of at least 4 members (excludes halogenated alkanes) is 9. The molecule has 0 aliphatic heterocycles. The van der Waals surface area contributed by atoms with E-state index in [1.807, 2.05) is 0 Å². The molecule has 0 radical (unpaired) electrons. The van der Waals surface area contributed by atoms with Crippen LogP contribution in [0.25, 0.3) is 0 Å². The summed E-state index contributed by atoms with van der Waals surface area (Å²) in [6, 6.07) is 0. The molecule has 23 heavy (non-hydrogen) atoms. The summed E-state index contributed by atoms with van der Waals surface area (Å²) < 4.78 is 0. The van der Waals surface area contributed by atoms with Gasteiger partial charge in [0.1, 0.15) is 0 Å². The van der Waals surface area contributed by atoms with Gasteiger partial charge in [-0.3, -0.25) is 0 Å². The minimum Gasteiger partial charge on any atom is -0.248 e. The fraction of sp³-hybridized carbons (Fsp3) is 0.895. The Morgan fingerprint density at radius 1 is 0.696 bits per heavy atom. The summed E-state index contributed by atoms with van der Waals surface area (Å²) >= 11 is 0. The second-order valence-electron chi connectivity index (χ2n) is 6.43. The molecule has 0 amide bonds. The van der Waals surface area contributed by atoms with Gasteiger partial charge < -0.3 is 0 Å². The van der Waals surface area contributed by atoms with Crippen molar-refractivity contribution < 1.29 is 19.4 Å². The van der Waals surface area contributed by atoms with Crippen molar-refractivity contribution in [2.24, 2.45) is 5.92 Å². The summed E-state index contributed by atoms with van der Waals surface area (Å²) in [5, 5.41) is 0. The summed E-state index contributed by atoms with van der Waals surface area (Å²) in [5.41, 5.74) is 0. The lowest BCUT2D eigenvalue weighted by Crippen LogP contribution is -2.19. The van der Waals surface area contributed by atoms with Crippen LogP contribution in [-0.4, -0.2) is 11.9 Å². The van der Waals surface area contributed by atoms with E-state index in [4.69, 9.17) is 0 Å². The van der Waals surface area contributed by atoms with E-state index in [0.717, 1.165) is 44.9 Å². The summed E-state index contributed by atoms with van der Waals surface area (Å²) in [5.74, 6) is -1.11. The molecule has 0 fully saturated rings. The van der Waals surface area contributed by atoms with Crippen LogP contribution in [0.2, 0.25) is 0 Å². The Labute approximate surface area is 142 Å². The van der Waals surface area contributed by atoms with E-state index in [1.54, 1.807) is 0 Å². The molecule has 0 saturated heterocycles. The molecule has 0 aromatic carbocycles. The van der Waals surface area contributed by atoms with Gasteiger partial charge in [0.25, 0.3) is 0 Å². The monoisotopic (exact) mass is 328 g/mol. The van der Waals surface area contributed by atoms with Crippen molar-refractivity contribution in [2.45, 2.75) is 104 Å². The van der Waals surface area contributed by atoms with Gasteiger partial charge in [-0.25, -0.2) is 19.4 Å². The lowest BCUT2D eigenvalue weighted by atomic mass is 9.94. The Hall–Kier alpha value is -1.06. The van der Waals surface area contributed by atoms with E-state index in [-0.39, 0.29) is 11.9 Å². The van der Waals surface area contributed by atoms with Gasteiger partial charge in [-0.05, 0) is 12.8 Å². The van der Waals surface area contributed by atoms with Gasteiger partial charge in [-0.1, -0.05) is 84.5 Å². The number of hydrogen-bond acceptors (Lipinski definition) is 4. The van der Waals surface area contributed by atoms with E-state index in [2.05, 4.69) is 23.6 Å². The van der Waals surface area contributed by atoms with Gasteiger partial charge in [-0.2, -0.15) is 0 Å². The lowest BCUT2D eigenvalue weighted by molar-refractivity contribution is -0.260. The molecule has 0 aliphatic rings. The molecule has 0 spiro atoms. The Balaban J connectivity index is 3.91. The van der Waals surface area contributed by atoms with Crippen molar-refractivity contribution in [2.75, 3.05) is 0 Å². The molecule has 4 nitrogen and oxygen atoms in total. The fourth-order valence-corrected chi connectivity index (χ4v) is 2.71. The average Bonchev–Trinajstić information content (AvgIpc) is 2.53. The Morgan fingerprint density at radius 3 is 1.65 bits per heavy atom. The number of rotatable bonds is 14. The first kappa shape index (κ1) is 21.9. The summed E-state index contributed by atoms with van der Waals surface area (Å²) in [4.78, 5) is 31.7. The Bertz CT molecular complexity index is 302. The molecular weight excluding hydrogens is 292 g/mol. The van der Waals surface area contributed by atoms with Crippen LogP contribution in [0.1, 0.15) is 104 Å². The summed E-state index contributed by atoms with van der Waals surface area (Å²) in [6.07, 6.45) is 14.9. The average molecular weight is 328 g/mol. The van der Waals surface area contributed by atoms with E-state index in [9.17, 15) is 9.59 Å². The van der Waals surface area contributed by atoms with Crippen molar-refractivity contribution in [1.82, 2.24) is 0 Å². The van der Waals surface area contributed by atoms with Gasteiger partial charge in [-0.15, -0.1) is 0 Å². The Kier molecular flexibility index (Phi) is 15.1. The van der Waals surface area contributed by atoms with E-state index in [1.165, 1.54) is 45.4 Å². The zero-order valence-corrected chi connectivity index (χ0v) is 15.4. The molecule has 0 aromatic heterocycles. The highest BCUT2D eigenvalue weighted by atomic mass is 17.2. The first-order valence-electron chi connectivity index (χ1n) is 9.50. The van der Waals surface area contributed by atoms with Crippen LogP contribution in [0.5, 0.6) is 0 Å². The van der Waals surface area contributed by atoms with Crippen LogP contribution in [0.15, 0.2) is 0 Å². The maximum atomic E-state index is 12.0. The third-order valence-corrected chi connectivity index (χ3v) is 4.14. The van der Waals surface area contributed by atoms with Crippen LogP contribution in [0, 0.1) is 5.92 Å². The quantitative estimate of drug-likeness (QED) is 0.232. The van der Waals surface area contributed by atoms with Crippen LogP contribution in [0.3, 0.4) is 0 Å². The Morgan fingerprint density at radius 2 is 1.13 bits per heavy atom. The molecule has 4 heteroatoms. The van der Waals surface area contributed by atoms with Gasteiger partial charge in [0, 0.05) is 6.92 Å². The number of carbonyl (C=O) groups excluding carboxylic acids is 2. The third-order valence-electron chi connectivity index (χ3n) is 4.14. The molecule has 0 saturated carbocycles. The molecular formula is C19H36O4. The van der Waals surface area contributed by atoms with Crippen molar-refractivity contribution >= 4 is 11.9 Å². The highest BCUT2D eigenvalue weighted by molar-refractivity contribution is 5.73. The zero-order valence-electron chi connectivity index (χ0n) is 15.4. The first-order chi connectivity index (χ1) is 11.1. The molecule has 0 aliphatic carbocycles. The highest BCUT2D eigenvalue weighted by Crippen LogP contribution is 2.20. The topological polar surface area (TPSA) is 52.6 Å². The lowest BCUT2D eigenvalue weighted by Gasteiger charge is -2.14. The first-order valence-corrected chi connectivity index (χ1v) is 9.50. The van der Waals surface area contributed by atoms with E-state index >= 15 is 0 Å². The van der Waals surface area contributed by atoms with Crippen LogP contribution in [-0.2, 0) is 19.4 Å². The molecule has 136 valence electrons. The molecule has 0 heterocycles. The van der Waals surface area contributed by atoms with Crippen LogP contribution < -0.4 is 0 Å². The van der Waals surface area contributed by atoms with Crippen LogP contribution >= 0.6 is 0 Å². The zero-order chi connectivity index (χ0) is 17.3.